The molecule has 1 saturated heterocycles. The Morgan fingerprint density at radius 2 is 2.00 bits per heavy atom. The van der Waals surface area contributed by atoms with Gasteiger partial charge in [0.25, 0.3) is 0 Å². The molecule has 1 atom stereocenters. The van der Waals surface area contributed by atoms with E-state index in [1.54, 1.807) is 11.8 Å². The van der Waals surface area contributed by atoms with Crippen LogP contribution in [0.5, 0.6) is 0 Å². The number of benzene rings is 1. The lowest BCUT2D eigenvalue weighted by molar-refractivity contribution is 0.0428. The topological polar surface area (TPSA) is 87.6 Å². The highest BCUT2D eigenvalue weighted by Crippen LogP contribution is 2.52. The Morgan fingerprint density at radius 1 is 1.26 bits per heavy atom. The second-order valence-electron chi connectivity index (χ2n) is 11.2. The molecule has 188 valence electrons. The van der Waals surface area contributed by atoms with Crippen LogP contribution in [0.1, 0.15) is 69.3 Å². The average Bonchev–Trinajstić information content (AvgIpc) is 3.61. The van der Waals surface area contributed by atoms with E-state index in [9.17, 15) is 9.90 Å². The Kier molecular flexibility index (Phi) is 6.70. The average molecular weight is 497 g/mol. The van der Waals surface area contributed by atoms with Gasteiger partial charge in [0.1, 0.15) is 16.3 Å². The summed E-state index contributed by atoms with van der Waals surface area (Å²) >= 11 is 1.74. The van der Waals surface area contributed by atoms with Crippen LogP contribution in [0.2, 0.25) is 0 Å². The van der Waals surface area contributed by atoms with Gasteiger partial charge >= 0.3 is 6.09 Å². The highest BCUT2D eigenvalue weighted by molar-refractivity contribution is 7.99. The van der Waals surface area contributed by atoms with E-state index in [1.807, 2.05) is 33.0 Å². The number of amides is 1. The molecule has 1 aromatic heterocycles. The van der Waals surface area contributed by atoms with Crippen molar-refractivity contribution in [3.8, 4) is 0 Å². The van der Waals surface area contributed by atoms with Gasteiger partial charge in [-0.3, -0.25) is 0 Å². The molecule has 35 heavy (non-hydrogen) atoms. The van der Waals surface area contributed by atoms with Gasteiger partial charge in [-0.15, -0.1) is 11.8 Å². The maximum Gasteiger partial charge on any atom is 0.408 e. The minimum absolute atomic E-state index is 0.0655. The molecule has 0 radical (unpaired) electrons. The summed E-state index contributed by atoms with van der Waals surface area (Å²) in [7, 11) is 0. The molecule has 8 heteroatoms. The number of nitrogens with one attached hydrogen (secondary N) is 1. The number of piperidine rings is 1. The molecular formula is C27H36N4O3S. The SMILES string of the molecule is CC(C)(C)OC(=O)N[C@@H]1c2ccccc2CC12CCN(c1ncc(SCC3CC3)nc1CO)CC2. The maximum atomic E-state index is 12.8. The summed E-state index contributed by atoms with van der Waals surface area (Å²) in [5.41, 5.74) is 2.54. The first-order valence-corrected chi connectivity index (χ1v) is 13.7. The lowest BCUT2D eigenvalue weighted by Crippen LogP contribution is -2.48. The smallest absolute Gasteiger partial charge is 0.408 e. The molecule has 1 amide bonds. The predicted octanol–water partition coefficient (Wildman–Crippen LogP) is 4.88. The second-order valence-corrected chi connectivity index (χ2v) is 12.2. The number of fused-ring (bicyclic) bond motifs is 1. The summed E-state index contributed by atoms with van der Waals surface area (Å²) in [6.45, 7) is 7.15. The first kappa shape index (κ1) is 24.4. The van der Waals surface area contributed by atoms with Gasteiger partial charge in [0.15, 0.2) is 5.82 Å². The first-order valence-electron chi connectivity index (χ1n) is 12.7. The summed E-state index contributed by atoms with van der Waals surface area (Å²) < 4.78 is 5.61. The second kappa shape index (κ2) is 9.62. The molecule has 7 nitrogen and oxygen atoms in total. The number of alkyl carbamates (subject to hydrolysis) is 1. The molecule has 2 fully saturated rings. The van der Waals surface area contributed by atoms with Crippen molar-refractivity contribution in [2.24, 2.45) is 11.3 Å². The summed E-state index contributed by atoms with van der Waals surface area (Å²) in [5.74, 6) is 2.68. The molecule has 2 aliphatic carbocycles. The van der Waals surface area contributed by atoms with Crippen molar-refractivity contribution in [2.75, 3.05) is 23.7 Å². The molecule has 0 unspecified atom stereocenters. The first-order chi connectivity index (χ1) is 16.8. The molecule has 1 aliphatic heterocycles. The van der Waals surface area contributed by atoms with Crippen LogP contribution in [0.25, 0.3) is 0 Å². The third kappa shape index (κ3) is 5.43. The number of aromatic nitrogens is 2. The van der Waals surface area contributed by atoms with Crippen LogP contribution in [0, 0.1) is 11.3 Å². The van der Waals surface area contributed by atoms with Crippen LogP contribution in [0.4, 0.5) is 10.6 Å². The summed E-state index contributed by atoms with van der Waals surface area (Å²) in [6, 6.07) is 8.34. The molecule has 5 rings (SSSR count). The Balaban J connectivity index is 1.31. The number of hydrogen-bond donors (Lipinski definition) is 2. The Labute approximate surface area is 212 Å². The molecule has 2 N–H and O–H groups in total. The zero-order valence-corrected chi connectivity index (χ0v) is 21.7. The van der Waals surface area contributed by atoms with Gasteiger partial charge in [-0.1, -0.05) is 24.3 Å². The molecular weight excluding hydrogens is 460 g/mol. The number of hydrogen-bond acceptors (Lipinski definition) is 7. The van der Waals surface area contributed by atoms with E-state index in [0.717, 1.165) is 54.9 Å². The van der Waals surface area contributed by atoms with Crippen molar-refractivity contribution in [3.63, 3.8) is 0 Å². The van der Waals surface area contributed by atoms with E-state index < -0.39 is 5.60 Å². The minimum atomic E-state index is -0.540. The van der Waals surface area contributed by atoms with Crippen LogP contribution < -0.4 is 10.2 Å². The van der Waals surface area contributed by atoms with E-state index in [1.165, 1.54) is 24.0 Å². The molecule has 2 aromatic rings. The van der Waals surface area contributed by atoms with Crippen LogP contribution in [-0.4, -0.2) is 45.6 Å². The van der Waals surface area contributed by atoms with Gasteiger partial charge < -0.3 is 20.1 Å². The summed E-state index contributed by atoms with van der Waals surface area (Å²) in [5, 5.41) is 14.1. The van der Waals surface area contributed by atoms with Gasteiger partial charge in [-0.25, -0.2) is 14.8 Å². The Bertz CT molecular complexity index is 1070. The van der Waals surface area contributed by atoms with Crippen LogP contribution in [-0.2, 0) is 17.8 Å². The number of ether oxygens (including phenoxy) is 1. The number of rotatable bonds is 6. The van der Waals surface area contributed by atoms with Crippen molar-refractivity contribution in [2.45, 2.75) is 76.2 Å². The Morgan fingerprint density at radius 3 is 2.69 bits per heavy atom. The van der Waals surface area contributed by atoms with Gasteiger partial charge in [-0.05, 0) is 69.9 Å². The Hall–Kier alpha value is -2.32. The van der Waals surface area contributed by atoms with Gasteiger partial charge in [0.2, 0.25) is 0 Å². The molecule has 1 aromatic carbocycles. The van der Waals surface area contributed by atoms with E-state index in [2.05, 4.69) is 28.4 Å². The fourth-order valence-corrected chi connectivity index (χ4v) is 6.45. The molecule has 2 heterocycles. The predicted molar refractivity (Wildman–Crippen MR) is 138 cm³/mol. The van der Waals surface area contributed by atoms with Crippen molar-refractivity contribution in [1.29, 1.82) is 0 Å². The van der Waals surface area contributed by atoms with Gasteiger partial charge in [0, 0.05) is 24.3 Å². The zero-order chi connectivity index (χ0) is 24.6. The number of carbonyl (C=O) groups is 1. The van der Waals surface area contributed by atoms with Gasteiger partial charge in [0.05, 0.1) is 18.8 Å². The summed E-state index contributed by atoms with van der Waals surface area (Å²) in [4.78, 5) is 24.4. The molecule has 1 spiro atoms. The number of thioether (sulfide) groups is 1. The molecule has 1 saturated carbocycles. The van der Waals surface area contributed by atoms with Crippen molar-refractivity contribution < 1.29 is 14.6 Å². The number of aliphatic hydroxyl groups excluding tert-OH is 1. The number of nitrogens with zero attached hydrogens (tertiary/aromatic N) is 3. The summed E-state index contributed by atoms with van der Waals surface area (Å²) in [6.07, 6.45) is 6.87. The molecule has 3 aliphatic rings. The van der Waals surface area contributed by atoms with Crippen LogP contribution in [0.3, 0.4) is 0 Å². The van der Waals surface area contributed by atoms with Gasteiger partial charge in [-0.2, -0.15) is 0 Å². The standard InChI is InChI=1S/C27H36N4O3S/c1-26(2,3)34-25(33)30-23-20-7-5-4-6-19(20)14-27(23)10-12-31(13-11-27)24-21(16-32)29-22(15-28-24)35-17-18-8-9-18/h4-7,15,18,23,32H,8-14,16-17H2,1-3H3,(H,30,33)/t23-/m1/s1. The largest absolute Gasteiger partial charge is 0.444 e. The maximum absolute atomic E-state index is 12.8. The van der Waals surface area contributed by atoms with Crippen LogP contribution in [0.15, 0.2) is 35.5 Å². The third-order valence-electron chi connectivity index (χ3n) is 7.35. The minimum Gasteiger partial charge on any atom is -0.444 e. The van der Waals surface area contributed by atoms with Crippen molar-refractivity contribution >= 4 is 23.7 Å². The quantitative estimate of drug-likeness (QED) is 0.551. The monoisotopic (exact) mass is 496 g/mol. The van der Waals surface area contributed by atoms with Crippen molar-refractivity contribution in [1.82, 2.24) is 15.3 Å². The van der Waals surface area contributed by atoms with E-state index in [4.69, 9.17) is 14.7 Å². The van der Waals surface area contributed by atoms with E-state index in [-0.39, 0.29) is 24.2 Å². The lowest BCUT2D eigenvalue weighted by Gasteiger charge is -2.44. The third-order valence-corrected chi connectivity index (χ3v) is 8.49. The van der Waals surface area contributed by atoms with Crippen LogP contribution >= 0.6 is 11.8 Å². The number of carbonyl (C=O) groups excluding carboxylic acids is 1. The number of aliphatic hydroxyl groups is 1. The number of anilines is 1. The fourth-order valence-electron chi connectivity index (χ4n) is 5.40. The van der Waals surface area contributed by atoms with E-state index >= 15 is 0 Å². The highest BCUT2D eigenvalue weighted by Gasteiger charge is 2.49. The zero-order valence-electron chi connectivity index (χ0n) is 20.9. The lowest BCUT2D eigenvalue weighted by atomic mass is 9.72. The van der Waals surface area contributed by atoms with E-state index in [0.29, 0.717) is 5.69 Å². The normalized spacial score (nSPS) is 21.1. The highest BCUT2D eigenvalue weighted by atomic mass is 32.2. The molecule has 0 bridgehead atoms. The van der Waals surface area contributed by atoms with Crippen molar-refractivity contribution in [3.05, 3.63) is 47.3 Å². The fraction of sp³-hybridized carbons (Fsp3) is 0.593.